The van der Waals surface area contributed by atoms with Crippen molar-refractivity contribution in [2.24, 2.45) is 0 Å². The second kappa shape index (κ2) is 9.03. The Hall–Kier alpha value is -4.34. The molecule has 0 aliphatic heterocycles. The zero-order valence-corrected chi connectivity index (χ0v) is 18.2. The Labute approximate surface area is 188 Å². The molecule has 0 atom stereocenters. The van der Waals surface area contributed by atoms with Crippen LogP contribution in [0.1, 0.15) is 27.0 Å². The van der Waals surface area contributed by atoms with Gasteiger partial charge in [0.15, 0.2) is 5.65 Å². The summed E-state index contributed by atoms with van der Waals surface area (Å²) in [5.41, 5.74) is 2.95. The van der Waals surface area contributed by atoms with E-state index in [9.17, 15) is 19.7 Å². The van der Waals surface area contributed by atoms with Crippen molar-refractivity contribution in [1.82, 2.24) is 24.6 Å². The summed E-state index contributed by atoms with van der Waals surface area (Å²) in [6.07, 6.45) is 2.98. The normalized spacial score (nSPS) is 11.0. The Morgan fingerprint density at radius 2 is 1.94 bits per heavy atom. The molecule has 4 aromatic rings. The number of hydrogen-bond acceptors (Lipinski definition) is 6. The van der Waals surface area contributed by atoms with Gasteiger partial charge in [0.1, 0.15) is 11.7 Å². The highest BCUT2D eigenvalue weighted by Crippen LogP contribution is 2.19. The van der Waals surface area contributed by atoms with E-state index in [0.717, 1.165) is 11.1 Å². The summed E-state index contributed by atoms with van der Waals surface area (Å²) in [5.74, 6) is -0.428. The second-order valence-electron chi connectivity index (χ2n) is 7.72. The summed E-state index contributed by atoms with van der Waals surface area (Å²) in [4.78, 5) is 40.2. The van der Waals surface area contributed by atoms with E-state index >= 15 is 0 Å². The van der Waals surface area contributed by atoms with Gasteiger partial charge in [-0.3, -0.25) is 24.3 Å². The number of carbonyl (C=O) groups is 1. The predicted octanol–water partition coefficient (Wildman–Crippen LogP) is 2.60. The van der Waals surface area contributed by atoms with Crippen molar-refractivity contribution in [3.05, 3.63) is 97.7 Å². The van der Waals surface area contributed by atoms with Gasteiger partial charge in [-0.15, -0.1) is 0 Å². The van der Waals surface area contributed by atoms with Crippen molar-refractivity contribution in [2.45, 2.75) is 26.9 Å². The molecule has 0 unspecified atom stereocenters. The molecule has 10 nitrogen and oxygen atoms in total. The number of aromatic nitrogens is 4. The Morgan fingerprint density at radius 3 is 2.70 bits per heavy atom. The molecule has 0 fully saturated rings. The van der Waals surface area contributed by atoms with Gasteiger partial charge in [0.05, 0.1) is 24.2 Å². The van der Waals surface area contributed by atoms with Crippen molar-refractivity contribution < 1.29 is 9.72 Å². The fraction of sp³-hybridized carbons (Fsp3) is 0.217. The topological polar surface area (TPSA) is 125 Å². The minimum atomic E-state index is -0.514. The maximum Gasteiger partial charge on any atom is 0.273 e. The third-order valence-corrected chi connectivity index (χ3v) is 5.50. The van der Waals surface area contributed by atoms with E-state index in [1.165, 1.54) is 18.6 Å². The molecule has 2 aromatic carbocycles. The molecule has 168 valence electrons. The number of aryl methyl sites for hydroxylation is 2. The molecule has 0 spiro atoms. The molecule has 1 N–H and O–H groups in total. The number of amides is 1. The summed E-state index contributed by atoms with van der Waals surface area (Å²) in [7, 11) is 0. The van der Waals surface area contributed by atoms with Gasteiger partial charge in [0.25, 0.3) is 17.2 Å². The number of rotatable bonds is 7. The lowest BCUT2D eigenvalue weighted by Crippen LogP contribution is -2.28. The molecule has 10 heteroatoms. The quantitative estimate of drug-likeness (QED) is 0.344. The van der Waals surface area contributed by atoms with E-state index in [4.69, 9.17) is 0 Å². The van der Waals surface area contributed by atoms with Crippen LogP contribution in [0, 0.1) is 24.0 Å². The SMILES string of the molecule is Cc1ccccc1Cn1cnc2c(cnn2CCNC(=O)c2ccc(C)c([N+](=O)[O-])c2)c1=O. The highest BCUT2D eigenvalue weighted by molar-refractivity contribution is 5.95. The zero-order chi connectivity index (χ0) is 23.5. The molecule has 1 amide bonds. The summed E-state index contributed by atoms with van der Waals surface area (Å²) in [5, 5.41) is 18.4. The van der Waals surface area contributed by atoms with Crippen LogP contribution in [0.4, 0.5) is 5.69 Å². The minimum absolute atomic E-state index is 0.105. The van der Waals surface area contributed by atoms with Gasteiger partial charge in [-0.1, -0.05) is 30.3 Å². The average molecular weight is 446 g/mol. The van der Waals surface area contributed by atoms with E-state index in [-0.39, 0.29) is 29.9 Å². The molecule has 0 radical (unpaired) electrons. The molecule has 4 rings (SSSR count). The summed E-state index contributed by atoms with van der Waals surface area (Å²) < 4.78 is 3.09. The second-order valence-corrected chi connectivity index (χ2v) is 7.72. The van der Waals surface area contributed by atoms with Crippen molar-refractivity contribution >= 4 is 22.6 Å². The zero-order valence-electron chi connectivity index (χ0n) is 18.2. The van der Waals surface area contributed by atoms with Crippen LogP contribution in [0.5, 0.6) is 0 Å². The molecular weight excluding hydrogens is 424 g/mol. The smallest absolute Gasteiger partial charge is 0.273 e. The Balaban J connectivity index is 1.46. The lowest BCUT2D eigenvalue weighted by atomic mass is 10.1. The van der Waals surface area contributed by atoms with Crippen molar-refractivity contribution in [2.75, 3.05) is 6.54 Å². The first kappa shape index (κ1) is 21.9. The van der Waals surface area contributed by atoms with Crippen molar-refractivity contribution in [3.63, 3.8) is 0 Å². The predicted molar refractivity (Wildman–Crippen MR) is 122 cm³/mol. The van der Waals surface area contributed by atoms with Crippen molar-refractivity contribution in [1.29, 1.82) is 0 Å². The summed E-state index contributed by atoms with van der Waals surface area (Å²) in [6.45, 7) is 4.53. The highest BCUT2D eigenvalue weighted by Gasteiger charge is 2.15. The van der Waals surface area contributed by atoms with E-state index in [0.29, 0.717) is 23.1 Å². The third-order valence-electron chi connectivity index (χ3n) is 5.50. The van der Waals surface area contributed by atoms with Gasteiger partial charge in [-0.05, 0) is 31.0 Å². The Bertz CT molecular complexity index is 1420. The van der Waals surface area contributed by atoms with Gasteiger partial charge in [0, 0.05) is 23.7 Å². The van der Waals surface area contributed by atoms with Gasteiger partial charge in [-0.2, -0.15) is 5.10 Å². The first-order valence-electron chi connectivity index (χ1n) is 10.3. The third kappa shape index (κ3) is 4.49. The molecule has 0 saturated heterocycles. The van der Waals surface area contributed by atoms with Crippen LogP contribution in [0.15, 0.2) is 59.8 Å². The molecule has 0 aliphatic rings. The van der Waals surface area contributed by atoms with Crippen LogP contribution >= 0.6 is 0 Å². The largest absolute Gasteiger partial charge is 0.350 e. The number of nitro benzene ring substituents is 1. The van der Waals surface area contributed by atoms with Crippen LogP contribution in [0.3, 0.4) is 0 Å². The maximum absolute atomic E-state index is 12.9. The average Bonchev–Trinajstić information content (AvgIpc) is 3.21. The summed E-state index contributed by atoms with van der Waals surface area (Å²) in [6, 6.07) is 12.2. The first-order chi connectivity index (χ1) is 15.8. The van der Waals surface area contributed by atoms with Crippen molar-refractivity contribution in [3.8, 4) is 0 Å². The van der Waals surface area contributed by atoms with Crippen LogP contribution < -0.4 is 10.9 Å². The molecular formula is C23H22N6O4. The van der Waals surface area contributed by atoms with Gasteiger partial charge >= 0.3 is 0 Å². The number of benzene rings is 2. The molecule has 0 saturated carbocycles. The van der Waals surface area contributed by atoms with E-state index in [2.05, 4.69) is 15.4 Å². The van der Waals surface area contributed by atoms with E-state index in [1.807, 2.05) is 31.2 Å². The minimum Gasteiger partial charge on any atom is -0.350 e. The van der Waals surface area contributed by atoms with Crippen LogP contribution in [0.25, 0.3) is 11.0 Å². The lowest BCUT2D eigenvalue weighted by molar-refractivity contribution is -0.385. The Morgan fingerprint density at radius 1 is 1.15 bits per heavy atom. The van der Waals surface area contributed by atoms with Gasteiger partial charge in [0.2, 0.25) is 0 Å². The number of hydrogen-bond donors (Lipinski definition) is 1. The number of nitro groups is 1. The molecule has 33 heavy (non-hydrogen) atoms. The number of carbonyl (C=O) groups excluding carboxylic acids is 1. The summed E-state index contributed by atoms with van der Waals surface area (Å²) >= 11 is 0. The number of fused-ring (bicyclic) bond motifs is 1. The monoisotopic (exact) mass is 446 g/mol. The fourth-order valence-corrected chi connectivity index (χ4v) is 3.57. The number of nitrogens with zero attached hydrogens (tertiary/aromatic N) is 5. The van der Waals surface area contributed by atoms with Crippen LogP contribution in [0.2, 0.25) is 0 Å². The van der Waals surface area contributed by atoms with E-state index < -0.39 is 10.8 Å². The van der Waals surface area contributed by atoms with Crippen LogP contribution in [-0.2, 0) is 13.1 Å². The molecule has 2 heterocycles. The molecule has 0 bridgehead atoms. The van der Waals surface area contributed by atoms with Gasteiger partial charge in [-0.25, -0.2) is 9.67 Å². The first-order valence-corrected chi connectivity index (χ1v) is 10.3. The molecule has 0 aliphatic carbocycles. The number of nitrogens with one attached hydrogen (secondary N) is 1. The maximum atomic E-state index is 12.9. The lowest BCUT2D eigenvalue weighted by Gasteiger charge is -2.09. The standard InChI is InChI=1S/C23H22N6O4/c1-15-5-3-4-6-18(15)13-27-14-25-21-19(23(27)31)12-26-28(21)10-9-24-22(30)17-8-7-16(2)20(11-17)29(32)33/h3-8,11-12,14H,9-10,13H2,1-2H3,(H,24,30). The Kier molecular flexibility index (Phi) is 5.99. The van der Waals surface area contributed by atoms with Crippen LogP contribution in [-0.4, -0.2) is 36.7 Å². The van der Waals surface area contributed by atoms with Gasteiger partial charge < -0.3 is 5.32 Å². The molecule has 2 aromatic heterocycles. The van der Waals surface area contributed by atoms with E-state index in [1.54, 1.807) is 28.3 Å². The highest BCUT2D eigenvalue weighted by atomic mass is 16.6. The fourth-order valence-electron chi connectivity index (χ4n) is 3.57.